The molecular weight excluding hydrogens is 338 g/mol. The molecule has 0 unspecified atom stereocenters. The van der Waals surface area contributed by atoms with Gasteiger partial charge in [-0.2, -0.15) is 4.98 Å². The summed E-state index contributed by atoms with van der Waals surface area (Å²) in [6.07, 6.45) is 0.756. The molecule has 0 fully saturated rings. The summed E-state index contributed by atoms with van der Waals surface area (Å²) in [7, 11) is 3.83. The summed E-state index contributed by atoms with van der Waals surface area (Å²) in [5.74, 6) is 1.56. The Hall–Kier alpha value is -2.34. The van der Waals surface area contributed by atoms with E-state index in [-0.39, 0.29) is 5.91 Å². The highest BCUT2D eigenvalue weighted by atomic mass is 35.5. The number of carbonyl (C=O) groups is 1. The predicted molar refractivity (Wildman–Crippen MR) is 99.9 cm³/mol. The van der Waals surface area contributed by atoms with E-state index in [9.17, 15) is 4.79 Å². The number of aromatic nitrogens is 2. The Kier molecular flexibility index (Phi) is 5.08. The second-order valence-electron chi connectivity index (χ2n) is 6.36. The molecule has 0 aliphatic carbocycles. The summed E-state index contributed by atoms with van der Waals surface area (Å²) in [4.78, 5) is 24.7. The fourth-order valence-electron chi connectivity index (χ4n) is 2.82. The molecule has 2 aromatic rings. The van der Waals surface area contributed by atoms with Gasteiger partial charge in [-0.15, -0.1) is 0 Å². The molecule has 0 atom stereocenters. The van der Waals surface area contributed by atoms with Gasteiger partial charge in [-0.05, 0) is 24.1 Å². The fraction of sp³-hybridized carbons (Fsp3) is 0.389. The molecule has 1 amide bonds. The van der Waals surface area contributed by atoms with Gasteiger partial charge in [0.1, 0.15) is 5.82 Å². The van der Waals surface area contributed by atoms with E-state index >= 15 is 0 Å². The number of halogens is 1. The lowest BCUT2D eigenvalue weighted by molar-refractivity contribution is -0.129. The van der Waals surface area contributed by atoms with Crippen molar-refractivity contribution >= 4 is 29.3 Å². The summed E-state index contributed by atoms with van der Waals surface area (Å²) in [6, 6.07) is 7.74. The Morgan fingerprint density at radius 3 is 2.64 bits per heavy atom. The highest BCUT2D eigenvalue weighted by Gasteiger charge is 2.24. The van der Waals surface area contributed by atoms with Crippen molar-refractivity contribution < 1.29 is 4.79 Å². The van der Waals surface area contributed by atoms with Crippen LogP contribution in [0.1, 0.15) is 23.7 Å². The first-order valence-corrected chi connectivity index (χ1v) is 8.63. The number of rotatable bonds is 4. The number of nitrogens with zero attached hydrogens (tertiary/aromatic N) is 4. The number of benzene rings is 1. The third-order valence-electron chi connectivity index (χ3n) is 4.27. The van der Waals surface area contributed by atoms with Crippen LogP contribution in [0.15, 0.2) is 24.3 Å². The summed E-state index contributed by atoms with van der Waals surface area (Å²) in [6.45, 7) is 3.48. The van der Waals surface area contributed by atoms with Crippen molar-refractivity contribution in [3.05, 3.63) is 46.1 Å². The summed E-state index contributed by atoms with van der Waals surface area (Å²) < 4.78 is 0. The largest absolute Gasteiger partial charge is 0.366 e. The van der Waals surface area contributed by atoms with Crippen LogP contribution in [0, 0.1) is 0 Å². The lowest BCUT2D eigenvalue weighted by Crippen LogP contribution is -2.35. The number of amides is 1. The summed E-state index contributed by atoms with van der Waals surface area (Å²) in [5.41, 5.74) is 3.14. The monoisotopic (exact) mass is 359 g/mol. The summed E-state index contributed by atoms with van der Waals surface area (Å²) >= 11 is 5.94. The Labute approximate surface area is 152 Å². The average Bonchev–Trinajstić information content (AvgIpc) is 2.60. The molecule has 3 rings (SSSR count). The highest BCUT2D eigenvalue weighted by Crippen LogP contribution is 2.26. The molecule has 132 valence electrons. The number of hydrogen-bond donors (Lipinski definition) is 1. The molecule has 7 heteroatoms. The zero-order chi connectivity index (χ0) is 18.0. The van der Waals surface area contributed by atoms with Crippen molar-refractivity contribution in [2.24, 2.45) is 0 Å². The Balaban J connectivity index is 1.87. The van der Waals surface area contributed by atoms with Gasteiger partial charge in [-0.25, -0.2) is 4.98 Å². The zero-order valence-electron chi connectivity index (χ0n) is 14.7. The van der Waals surface area contributed by atoms with Crippen LogP contribution >= 0.6 is 11.6 Å². The molecule has 25 heavy (non-hydrogen) atoms. The second kappa shape index (κ2) is 7.27. The van der Waals surface area contributed by atoms with Gasteiger partial charge >= 0.3 is 0 Å². The van der Waals surface area contributed by atoms with Crippen molar-refractivity contribution in [2.45, 2.75) is 26.4 Å². The molecule has 1 aliphatic rings. The molecule has 1 N–H and O–H groups in total. The van der Waals surface area contributed by atoms with Gasteiger partial charge in [0.05, 0.1) is 12.2 Å². The van der Waals surface area contributed by atoms with E-state index in [2.05, 4.69) is 15.3 Å². The van der Waals surface area contributed by atoms with Gasteiger partial charge in [-0.1, -0.05) is 23.7 Å². The van der Waals surface area contributed by atoms with E-state index in [1.807, 2.05) is 48.2 Å². The standard InChI is InChI=1S/C18H22ClN5O/c1-12(25)24-9-8-15-16(11-24)21-18(23(2)3)22-17(15)20-10-13-4-6-14(19)7-5-13/h4-7H,8-11H2,1-3H3,(H,20,21,22). The number of hydrogen-bond acceptors (Lipinski definition) is 5. The molecule has 1 aromatic heterocycles. The molecule has 1 aliphatic heterocycles. The van der Waals surface area contributed by atoms with Gasteiger partial charge in [-0.3, -0.25) is 4.79 Å². The fourth-order valence-corrected chi connectivity index (χ4v) is 2.95. The van der Waals surface area contributed by atoms with Gasteiger partial charge in [0.15, 0.2) is 0 Å². The Morgan fingerprint density at radius 2 is 2.00 bits per heavy atom. The van der Waals surface area contributed by atoms with E-state index in [4.69, 9.17) is 11.6 Å². The van der Waals surface area contributed by atoms with Gasteiger partial charge in [0, 0.05) is 44.7 Å². The van der Waals surface area contributed by atoms with Crippen LogP contribution in [0.4, 0.5) is 11.8 Å². The number of nitrogens with one attached hydrogen (secondary N) is 1. The molecular formula is C18H22ClN5O. The maximum absolute atomic E-state index is 11.7. The van der Waals surface area contributed by atoms with E-state index < -0.39 is 0 Å². The smallest absolute Gasteiger partial charge is 0.227 e. The van der Waals surface area contributed by atoms with Crippen molar-refractivity contribution in [3.63, 3.8) is 0 Å². The van der Waals surface area contributed by atoms with Gasteiger partial charge in [0.2, 0.25) is 11.9 Å². The molecule has 2 heterocycles. The van der Waals surface area contributed by atoms with Crippen molar-refractivity contribution in [1.29, 1.82) is 0 Å². The topological polar surface area (TPSA) is 61.4 Å². The first kappa shape index (κ1) is 17.5. The summed E-state index contributed by atoms with van der Waals surface area (Å²) in [5, 5.41) is 4.15. The van der Waals surface area contributed by atoms with Crippen LogP contribution in [-0.4, -0.2) is 41.4 Å². The highest BCUT2D eigenvalue weighted by molar-refractivity contribution is 6.30. The van der Waals surface area contributed by atoms with Crippen LogP contribution in [0.2, 0.25) is 5.02 Å². The molecule has 0 spiro atoms. The molecule has 0 saturated carbocycles. The number of carbonyl (C=O) groups excluding carboxylic acids is 1. The average molecular weight is 360 g/mol. The second-order valence-corrected chi connectivity index (χ2v) is 6.80. The first-order valence-electron chi connectivity index (χ1n) is 8.25. The SMILES string of the molecule is CC(=O)N1CCc2c(nc(N(C)C)nc2NCc2ccc(Cl)cc2)C1. The predicted octanol–water partition coefficient (Wildman–Crippen LogP) is 2.71. The van der Waals surface area contributed by atoms with Crippen LogP contribution in [0.5, 0.6) is 0 Å². The van der Waals surface area contributed by atoms with Crippen LogP contribution < -0.4 is 10.2 Å². The van der Waals surface area contributed by atoms with Crippen LogP contribution in [0.25, 0.3) is 0 Å². The van der Waals surface area contributed by atoms with E-state index in [0.29, 0.717) is 25.6 Å². The molecule has 0 saturated heterocycles. The van der Waals surface area contributed by atoms with E-state index in [1.54, 1.807) is 6.92 Å². The zero-order valence-corrected chi connectivity index (χ0v) is 15.5. The maximum Gasteiger partial charge on any atom is 0.227 e. The lowest BCUT2D eigenvalue weighted by Gasteiger charge is -2.29. The first-order chi connectivity index (χ1) is 11.9. The Morgan fingerprint density at radius 1 is 1.28 bits per heavy atom. The molecule has 1 aromatic carbocycles. The minimum Gasteiger partial charge on any atom is -0.366 e. The normalized spacial score (nSPS) is 13.4. The van der Waals surface area contributed by atoms with Crippen molar-refractivity contribution in [1.82, 2.24) is 14.9 Å². The minimum atomic E-state index is 0.0753. The lowest BCUT2D eigenvalue weighted by atomic mass is 10.1. The Bertz CT molecular complexity index is 776. The number of anilines is 2. The van der Waals surface area contributed by atoms with Crippen LogP contribution in [-0.2, 0) is 24.3 Å². The van der Waals surface area contributed by atoms with Crippen molar-refractivity contribution in [3.8, 4) is 0 Å². The molecule has 6 nitrogen and oxygen atoms in total. The minimum absolute atomic E-state index is 0.0753. The van der Waals surface area contributed by atoms with Crippen LogP contribution in [0.3, 0.4) is 0 Å². The van der Waals surface area contributed by atoms with E-state index in [1.165, 1.54) is 0 Å². The number of fused-ring (bicyclic) bond motifs is 1. The molecule has 0 radical (unpaired) electrons. The van der Waals surface area contributed by atoms with Gasteiger partial charge < -0.3 is 15.1 Å². The maximum atomic E-state index is 11.7. The van der Waals surface area contributed by atoms with E-state index in [0.717, 1.165) is 34.1 Å². The van der Waals surface area contributed by atoms with Gasteiger partial charge in [0.25, 0.3) is 0 Å². The third-order valence-corrected chi connectivity index (χ3v) is 4.52. The van der Waals surface area contributed by atoms with Crippen molar-refractivity contribution in [2.75, 3.05) is 30.9 Å². The third kappa shape index (κ3) is 4.02. The molecule has 0 bridgehead atoms. The quantitative estimate of drug-likeness (QED) is 0.909.